The number of aliphatic imine (C=N–C) groups is 2. The normalized spacial score (nSPS) is 13.3. The minimum Gasteiger partial charge on any atom is -0.478 e. The third-order valence-corrected chi connectivity index (χ3v) is 9.05. The highest BCUT2D eigenvalue weighted by molar-refractivity contribution is 6.54. The summed E-state index contributed by atoms with van der Waals surface area (Å²) in [6.45, 7) is 0. The predicted molar refractivity (Wildman–Crippen MR) is 202 cm³/mol. The Balaban J connectivity index is 1.55. The van der Waals surface area contributed by atoms with Gasteiger partial charge in [-0.1, -0.05) is 146 Å². The van der Waals surface area contributed by atoms with E-state index in [2.05, 4.69) is 0 Å². The molecule has 0 unspecified atom stereocenters. The van der Waals surface area contributed by atoms with Crippen LogP contribution in [0.15, 0.2) is 180 Å². The summed E-state index contributed by atoms with van der Waals surface area (Å²) in [5.41, 5.74) is 7.62. The highest BCUT2D eigenvalue weighted by atomic mass is 16.4. The minimum absolute atomic E-state index is 0.125. The Kier molecular flexibility index (Phi) is 8.17. The molecule has 1 aliphatic rings. The van der Waals surface area contributed by atoms with Crippen LogP contribution in [0.25, 0.3) is 33.9 Å². The number of aromatic nitrogens is 2. The van der Waals surface area contributed by atoms with Crippen molar-refractivity contribution in [3.63, 3.8) is 0 Å². The molecule has 250 valence electrons. The number of aromatic carboxylic acids is 2. The molecule has 0 atom stereocenters. The van der Waals surface area contributed by atoms with Gasteiger partial charge in [-0.25, -0.2) is 24.6 Å². The van der Waals surface area contributed by atoms with Gasteiger partial charge in [-0.3, -0.25) is 4.57 Å². The summed E-state index contributed by atoms with van der Waals surface area (Å²) in [6.07, 6.45) is 0. The number of benzene rings is 6. The molecule has 8 heteroatoms. The largest absolute Gasteiger partial charge is 0.478 e. The molecular weight excluding hydrogens is 649 g/mol. The fourth-order valence-electron chi connectivity index (χ4n) is 6.57. The fraction of sp³-hybridized carbons (Fsp3) is 0.0227. The van der Waals surface area contributed by atoms with Crippen LogP contribution in [0.2, 0.25) is 0 Å². The van der Waals surface area contributed by atoms with E-state index in [0.717, 1.165) is 27.9 Å². The van der Waals surface area contributed by atoms with Gasteiger partial charge in [0.15, 0.2) is 0 Å². The molecule has 0 aliphatic carbocycles. The molecule has 7 aromatic rings. The van der Waals surface area contributed by atoms with E-state index in [1.165, 1.54) is 0 Å². The summed E-state index contributed by atoms with van der Waals surface area (Å²) >= 11 is 0. The van der Waals surface area contributed by atoms with Gasteiger partial charge in [-0.2, -0.15) is 0 Å². The van der Waals surface area contributed by atoms with E-state index in [4.69, 9.17) is 15.0 Å². The number of hydrogen-bond donors (Lipinski definition) is 2. The van der Waals surface area contributed by atoms with Gasteiger partial charge in [-0.15, -0.1) is 0 Å². The number of carboxylic acid groups (broad SMARTS) is 2. The first-order valence-corrected chi connectivity index (χ1v) is 16.7. The van der Waals surface area contributed by atoms with E-state index in [1.54, 1.807) is 48.5 Å². The van der Waals surface area contributed by atoms with Crippen molar-refractivity contribution in [2.75, 3.05) is 0 Å². The van der Waals surface area contributed by atoms with Crippen molar-refractivity contribution in [1.29, 1.82) is 0 Å². The Morgan fingerprint density at radius 1 is 0.462 bits per heavy atom. The van der Waals surface area contributed by atoms with Gasteiger partial charge in [-0.05, 0) is 24.3 Å². The van der Waals surface area contributed by atoms with Gasteiger partial charge in [0.1, 0.15) is 5.82 Å². The lowest BCUT2D eigenvalue weighted by atomic mass is 10.0. The average Bonchev–Trinajstić information content (AvgIpc) is 3.81. The molecule has 2 heterocycles. The van der Waals surface area contributed by atoms with Crippen molar-refractivity contribution in [1.82, 2.24) is 9.55 Å². The van der Waals surface area contributed by atoms with Crippen LogP contribution < -0.4 is 0 Å². The van der Waals surface area contributed by atoms with Crippen LogP contribution in [0.4, 0.5) is 0 Å². The van der Waals surface area contributed by atoms with Crippen LogP contribution in [0.5, 0.6) is 0 Å². The molecule has 6 aromatic carbocycles. The van der Waals surface area contributed by atoms with E-state index >= 15 is 0 Å². The molecule has 0 fully saturated rings. The van der Waals surface area contributed by atoms with Gasteiger partial charge in [0, 0.05) is 33.4 Å². The highest BCUT2D eigenvalue weighted by Crippen LogP contribution is 2.46. The summed E-state index contributed by atoms with van der Waals surface area (Å²) in [5, 5.41) is 19.6. The first-order chi connectivity index (χ1) is 25.4. The molecule has 1 aromatic heterocycles. The number of imidazole rings is 1. The number of carboxylic acids is 2. The van der Waals surface area contributed by atoms with Crippen molar-refractivity contribution in [2.45, 2.75) is 5.79 Å². The predicted octanol–water partition coefficient (Wildman–Crippen LogP) is 8.93. The zero-order valence-electron chi connectivity index (χ0n) is 27.7. The van der Waals surface area contributed by atoms with Crippen LogP contribution >= 0.6 is 0 Å². The van der Waals surface area contributed by atoms with E-state index in [0.29, 0.717) is 34.1 Å². The molecule has 0 saturated heterocycles. The first kappa shape index (κ1) is 32.0. The van der Waals surface area contributed by atoms with E-state index in [-0.39, 0.29) is 11.1 Å². The molecule has 0 bridgehead atoms. The lowest BCUT2D eigenvalue weighted by Gasteiger charge is -2.30. The summed E-state index contributed by atoms with van der Waals surface area (Å²) < 4.78 is 2.01. The summed E-state index contributed by atoms with van der Waals surface area (Å²) in [4.78, 5) is 40.5. The SMILES string of the molecule is O=C(O)c1ccc(-c2nc(-c3ccccc3)c(-c3ccccc3)n2C2(c3ccc(C(=O)O)cc3)N=C(c3ccccc3)C(c3ccccc3)=N2)cc1. The minimum atomic E-state index is -1.54. The molecule has 0 amide bonds. The van der Waals surface area contributed by atoms with Crippen LogP contribution in [0.1, 0.15) is 37.4 Å². The molecule has 0 saturated carbocycles. The van der Waals surface area contributed by atoms with Gasteiger partial charge in [0.25, 0.3) is 5.79 Å². The Bertz CT molecular complexity index is 2420. The van der Waals surface area contributed by atoms with Crippen molar-refractivity contribution >= 4 is 23.4 Å². The van der Waals surface area contributed by atoms with Crippen molar-refractivity contribution < 1.29 is 19.8 Å². The molecule has 0 spiro atoms. The maximum Gasteiger partial charge on any atom is 0.335 e. The van der Waals surface area contributed by atoms with Crippen LogP contribution in [-0.4, -0.2) is 43.1 Å². The Morgan fingerprint density at radius 2 is 0.865 bits per heavy atom. The van der Waals surface area contributed by atoms with Gasteiger partial charge < -0.3 is 10.2 Å². The van der Waals surface area contributed by atoms with Crippen LogP contribution in [-0.2, 0) is 5.79 Å². The smallest absolute Gasteiger partial charge is 0.335 e. The summed E-state index contributed by atoms with van der Waals surface area (Å²) in [7, 11) is 0. The Hall–Kier alpha value is -7.19. The Morgan fingerprint density at radius 3 is 1.31 bits per heavy atom. The average molecular weight is 679 g/mol. The van der Waals surface area contributed by atoms with Gasteiger partial charge in [0.2, 0.25) is 0 Å². The van der Waals surface area contributed by atoms with E-state index < -0.39 is 17.7 Å². The zero-order chi connectivity index (χ0) is 35.7. The molecule has 0 radical (unpaired) electrons. The molecule has 52 heavy (non-hydrogen) atoms. The third-order valence-electron chi connectivity index (χ3n) is 9.05. The number of carbonyl (C=O) groups is 2. The summed E-state index contributed by atoms with van der Waals surface area (Å²) in [6, 6.07) is 52.7. The van der Waals surface area contributed by atoms with Crippen molar-refractivity contribution in [2.24, 2.45) is 9.98 Å². The van der Waals surface area contributed by atoms with Crippen LogP contribution in [0.3, 0.4) is 0 Å². The monoisotopic (exact) mass is 678 g/mol. The molecule has 1 aliphatic heterocycles. The van der Waals surface area contributed by atoms with Crippen LogP contribution in [0, 0.1) is 0 Å². The third kappa shape index (κ3) is 5.68. The fourth-order valence-corrected chi connectivity index (χ4v) is 6.57. The first-order valence-electron chi connectivity index (χ1n) is 16.7. The maximum absolute atomic E-state index is 12.1. The zero-order valence-corrected chi connectivity index (χ0v) is 27.7. The summed E-state index contributed by atoms with van der Waals surface area (Å²) in [5.74, 6) is -3.14. The highest BCUT2D eigenvalue weighted by Gasteiger charge is 2.45. The van der Waals surface area contributed by atoms with Gasteiger partial charge >= 0.3 is 11.9 Å². The van der Waals surface area contributed by atoms with Crippen molar-refractivity contribution in [3.8, 4) is 33.9 Å². The standard InChI is InChI=1S/C44H30N4O4/c49-42(50)34-23-21-33(22-24-34)41-45-39(31-17-9-3-10-18-31)40(32-19-11-4-12-20-32)48(41)44(36-27-25-35(26-28-36)43(51)52)46-37(29-13-5-1-6-14-29)38(47-44)30-15-7-2-8-16-30/h1-28H,(H,49,50)(H,51,52). The molecule has 8 rings (SSSR count). The second kappa shape index (κ2) is 13.3. The Labute approximate surface area is 299 Å². The van der Waals surface area contributed by atoms with Gasteiger partial charge in [0.05, 0.1) is 33.9 Å². The quantitative estimate of drug-likeness (QED) is 0.158. The second-order valence-corrected chi connectivity index (χ2v) is 12.3. The lowest BCUT2D eigenvalue weighted by Crippen LogP contribution is -2.31. The molecular formula is C44H30N4O4. The number of rotatable bonds is 9. The molecule has 2 N–H and O–H groups in total. The topological polar surface area (TPSA) is 117 Å². The molecule has 8 nitrogen and oxygen atoms in total. The van der Waals surface area contributed by atoms with Crippen molar-refractivity contribution in [3.05, 3.63) is 198 Å². The lowest BCUT2D eigenvalue weighted by molar-refractivity contribution is 0.0686. The maximum atomic E-state index is 12.1. The van der Waals surface area contributed by atoms with E-state index in [9.17, 15) is 19.8 Å². The van der Waals surface area contributed by atoms with E-state index in [1.807, 2.05) is 126 Å². The number of nitrogens with zero attached hydrogens (tertiary/aromatic N) is 4. The number of hydrogen-bond acceptors (Lipinski definition) is 5. The second-order valence-electron chi connectivity index (χ2n) is 12.3.